The summed E-state index contributed by atoms with van der Waals surface area (Å²) in [6.07, 6.45) is 5.25. The number of amides is 1. The van der Waals surface area contributed by atoms with E-state index in [1.165, 1.54) is 18.6 Å². The molecule has 1 aliphatic carbocycles. The van der Waals surface area contributed by atoms with E-state index < -0.39 is 4.92 Å². The summed E-state index contributed by atoms with van der Waals surface area (Å²) < 4.78 is 0.533. The molecule has 19 heavy (non-hydrogen) atoms. The Morgan fingerprint density at radius 3 is 2.58 bits per heavy atom. The summed E-state index contributed by atoms with van der Waals surface area (Å²) in [6.45, 7) is 0. The van der Waals surface area contributed by atoms with Crippen molar-refractivity contribution in [3.63, 3.8) is 0 Å². The van der Waals surface area contributed by atoms with Gasteiger partial charge in [0.15, 0.2) is 0 Å². The summed E-state index contributed by atoms with van der Waals surface area (Å²) in [7, 11) is 0. The van der Waals surface area contributed by atoms with Gasteiger partial charge in [-0.15, -0.1) is 0 Å². The highest BCUT2D eigenvalue weighted by molar-refractivity contribution is 9.10. The first kappa shape index (κ1) is 14.0. The quantitative estimate of drug-likeness (QED) is 0.676. The van der Waals surface area contributed by atoms with Gasteiger partial charge in [0.2, 0.25) is 5.91 Å². The summed E-state index contributed by atoms with van der Waals surface area (Å²) in [6, 6.07) is 4.35. The maximum absolute atomic E-state index is 12.1. The van der Waals surface area contributed by atoms with Crippen LogP contribution >= 0.6 is 15.9 Å². The molecule has 0 unspecified atom stereocenters. The number of halogens is 1. The van der Waals surface area contributed by atoms with E-state index in [1.807, 2.05) is 0 Å². The van der Waals surface area contributed by atoms with E-state index in [-0.39, 0.29) is 17.5 Å². The van der Waals surface area contributed by atoms with Crippen LogP contribution < -0.4 is 5.32 Å². The molecule has 102 valence electrons. The molecule has 0 spiro atoms. The molecule has 1 saturated carbocycles. The van der Waals surface area contributed by atoms with Crippen LogP contribution in [0.15, 0.2) is 22.7 Å². The normalized spacial score (nSPS) is 16.1. The molecule has 6 heteroatoms. The van der Waals surface area contributed by atoms with Crippen molar-refractivity contribution in [1.29, 1.82) is 0 Å². The molecular weight excluding hydrogens is 312 g/mol. The maximum atomic E-state index is 12.1. The number of carbonyl (C=O) groups is 1. The predicted octanol–water partition coefficient (Wildman–Crippen LogP) is 3.88. The SMILES string of the molecule is O=C(Nc1ccc([N+](=O)[O-])cc1Br)C1CCCCC1. The minimum absolute atomic E-state index is 0.00235. The number of nitrogens with one attached hydrogen (secondary N) is 1. The lowest BCUT2D eigenvalue weighted by Crippen LogP contribution is -2.24. The molecule has 0 heterocycles. The average Bonchev–Trinajstić information content (AvgIpc) is 2.41. The van der Waals surface area contributed by atoms with Crippen molar-refractivity contribution in [1.82, 2.24) is 0 Å². The Hall–Kier alpha value is -1.43. The lowest BCUT2D eigenvalue weighted by atomic mass is 9.88. The summed E-state index contributed by atoms with van der Waals surface area (Å²) in [5.74, 6) is 0.0742. The predicted molar refractivity (Wildman–Crippen MR) is 76.0 cm³/mol. The van der Waals surface area contributed by atoms with Gasteiger partial charge in [-0.2, -0.15) is 0 Å². The molecule has 0 saturated heterocycles. The van der Waals surface area contributed by atoms with Crippen LogP contribution in [-0.4, -0.2) is 10.8 Å². The Bertz CT molecular complexity index is 499. The molecule has 1 N–H and O–H groups in total. The number of nitrogens with zero attached hydrogens (tertiary/aromatic N) is 1. The zero-order valence-electron chi connectivity index (χ0n) is 10.4. The minimum Gasteiger partial charge on any atom is -0.325 e. The van der Waals surface area contributed by atoms with E-state index >= 15 is 0 Å². The molecule has 0 atom stereocenters. The van der Waals surface area contributed by atoms with E-state index in [4.69, 9.17) is 0 Å². The fourth-order valence-electron chi connectivity index (χ4n) is 2.32. The maximum Gasteiger partial charge on any atom is 0.270 e. The summed E-state index contributed by atoms with van der Waals surface area (Å²) in [5.41, 5.74) is 0.587. The van der Waals surface area contributed by atoms with Crippen LogP contribution in [0.3, 0.4) is 0 Å². The monoisotopic (exact) mass is 326 g/mol. The van der Waals surface area contributed by atoms with Crippen molar-refractivity contribution < 1.29 is 9.72 Å². The molecule has 5 nitrogen and oxygen atoms in total. The number of hydrogen-bond donors (Lipinski definition) is 1. The third kappa shape index (κ3) is 3.53. The number of nitro benzene ring substituents is 1. The lowest BCUT2D eigenvalue weighted by molar-refractivity contribution is -0.384. The third-order valence-corrected chi connectivity index (χ3v) is 4.05. The second-order valence-electron chi connectivity index (χ2n) is 4.75. The number of anilines is 1. The number of carbonyl (C=O) groups excluding carboxylic acids is 1. The summed E-state index contributed by atoms with van der Waals surface area (Å²) >= 11 is 3.25. The zero-order chi connectivity index (χ0) is 13.8. The van der Waals surface area contributed by atoms with Gasteiger partial charge in [-0.05, 0) is 34.8 Å². The average molecular weight is 327 g/mol. The van der Waals surface area contributed by atoms with Crippen molar-refractivity contribution in [3.05, 3.63) is 32.8 Å². The molecule has 0 aliphatic heterocycles. The highest BCUT2D eigenvalue weighted by Crippen LogP contribution is 2.29. The number of nitro groups is 1. The van der Waals surface area contributed by atoms with Crippen molar-refractivity contribution in [2.75, 3.05) is 5.32 Å². The van der Waals surface area contributed by atoms with Crippen LogP contribution in [0.1, 0.15) is 32.1 Å². The Kier molecular flexibility index (Phi) is 4.52. The molecule has 0 radical (unpaired) electrons. The van der Waals surface area contributed by atoms with Crippen molar-refractivity contribution in [2.45, 2.75) is 32.1 Å². The smallest absolute Gasteiger partial charge is 0.270 e. The number of hydrogen-bond acceptors (Lipinski definition) is 3. The molecule has 2 rings (SSSR count). The van der Waals surface area contributed by atoms with Gasteiger partial charge in [0.25, 0.3) is 5.69 Å². The van der Waals surface area contributed by atoms with Gasteiger partial charge >= 0.3 is 0 Å². The van der Waals surface area contributed by atoms with Crippen LogP contribution in [0, 0.1) is 16.0 Å². The Labute approximate surface area is 119 Å². The van der Waals surface area contributed by atoms with Gasteiger partial charge in [-0.25, -0.2) is 0 Å². The van der Waals surface area contributed by atoms with Gasteiger partial charge < -0.3 is 5.32 Å². The van der Waals surface area contributed by atoms with Crippen LogP contribution in [0.4, 0.5) is 11.4 Å². The fraction of sp³-hybridized carbons (Fsp3) is 0.462. The molecular formula is C13H15BrN2O3. The first-order valence-corrected chi connectivity index (χ1v) is 7.12. The van der Waals surface area contributed by atoms with E-state index in [9.17, 15) is 14.9 Å². The molecule has 1 aromatic carbocycles. The molecule has 1 amide bonds. The summed E-state index contributed by atoms with van der Waals surface area (Å²) in [4.78, 5) is 22.2. The number of benzene rings is 1. The first-order valence-electron chi connectivity index (χ1n) is 6.33. The number of non-ortho nitro benzene ring substituents is 1. The molecule has 1 aromatic rings. The van der Waals surface area contributed by atoms with E-state index in [0.717, 1.165) is 25.7 Å². The van der Waals surface area contributed by atoms with Gasteiger partial charge in [-0.1, -0.05) is 19.3 Å². The van der Waals surface area contributed by atoms with E-state index in [1.54, 1.807) is 6.07 Å². The van der Waals surface area contributed by atoms with Crippen molar-refractivity contribution in [2.24, 2.45) is 5.92 Å². The Morgan fingerprint density at radius 2 is 2.00 bits per heavy atom. The highest BCUT2D eigenvalue weighted by atomic mass is 79.9. The second-order valence-corrected chi connectivity index (χ2v) is 5.60. The molecule has 0 aromatic heterocycles. The van der Waals surface area contributed by atoms with Crippen LogP contribution in [0.2, 0.25) is 0 Å². The molecule has 1 aliphatic rings. The van der Waals surface area contributed by atoms with Gasteiger partial charge in [0.1, 0.15) is 0 Å². The Morgan fingerprint density at radius 1 is 1.32 bits per heavy atom. The number of rotatable bonds is 3. The van der Waals surface area contributed by atoms with Gasteiger partial charge in [-0.3, -0.25) is 14.9 Å². The zero-order valence-corrected chi connectivity index (χ0v) is 12.0. The fourth-order valence-corrected chi connectivity index (χ4v) is 2.78. The highest BCUT2D eigenvalue weighted by Gasteiger charge is 2.22. The summed E-state index contributed by atoms with van der Waals surface area (Å²) in [5, 5.41) is 13.5. The largest absolute Gasteiger partial charge is 0.325 e. The van der Waals surface area contributed by atoms with E-state index in [0.29, 0.717) is 10.2 Å². The van der Waals surface area contributed by atoms with Crippen LogP contribution in [0.25, 0.3) is 0 Å². The van der Waals surface area contributed by atoms with Crippen LogP contribution in [-0.2, 0) is 4.79 Å². The molecule has 1 fully saturated rings. The first-order chi connectivity index (χ1) is 9.08. The van der Waals surface area contributed by atoms with Gasteiger partial charge in [0.05, 0.1) is 10.6 Å². The van der Waals surface area contributed by atoms with Crippen molar-refractivity contribution in [3.8, 4) is 0 Å². The van der Waals surface area contributed by atoms with Gasteiger partial charge in [0, 0.05) is 22.5 Å². The second kappa shape index (κ2) is 6.14. The molecule has 0 bridgehead atoms. The topological polar surface area (TPSA) is 72.2 Å². The third-order valence-electron chi connectivity index (χ3n) is 3.40. The van der Waals surface area contributed by atoms with Crippen LogP contribution in [0.5, 0.6) is 0 Å². The van der Waals surface area contributed by atoms with Crippen molar-refractivity contribution >= 4 is 33.2 Å². The standard InChI is InChI=1S/C13H15BrN2O3/c14-11-8-10(16(18)19)6-7-12(11)15-13(17)9-4-2-1-3-5-9/h6-9H,1-5H2,(H,15,17). The Balaban J connectivity index is 2.06. The lowest BCUT2D eigenvalue weighted by Gasteiger charge is -2.21. The van der Waals surface area contributed by atoms with E-state index in [2.05, 4.69) is 21.2 Å². The minimum atomic E-state index is -0.461.